The van der Waals surface area contributed by atoms with Gasteiger partial charge < -0.3 is 10.2 Å². The van der Waals surface area contributed by atoms with E-state index in [2.05, 4.69) is 5.32 Å². The maximum absolute atomic E-state index is 13.6. The van der Waals surface area contributed by atoms with Gasteiger partial charge in [-0.15, -0.1) is 0 Å². The lowest BCUT2D eigenvalue weighted by atomic mass is 10.1. The number of nitrogens with one attached hydrogen (secondary N) is 1. The largest absolute Gasteiger partial charge is 0.355 e. The molecule has 0 saturated carbocycles. The Labute approximate surface area is 230 Å². The van der Waals surface area contributed by atoms with Crippen molar-refractivity contribution < 1.29 is 18.0 Å². The Bertz CT molecular complexity index is 1190. The fourth-order valence-electron chi connectivity index (χ4n) is 3.36. The van der Waals surface area contributed by atoms with Crippen LogP contribution >= 0.6 is 58.0 Å². The maximum atomic E-state index is 13.6. The molecule has 2 amide bonds. The highest BCUT2D eigenvalue weighted by Crippen LogP contribution is 2.36. The topological polar surface area (TPSA) is 86.8 Å². The summed E-state index contributed by atoms with van der Waals surface area (Å²) in [4.78, 5) is 27.7. The molecule has 1 unspecified atom stereocenters. The molecule has 2 aromatic rings. The summed E-state index contributed by atoms with van der Waals surface area (Å²) >= 11 is 30.9. The van der Waals surface area contributed by atoms with Crippen LogP contribution in [0, 0.1) is 0 Å². The Morgan fingerprint density at radius 2 is 1.51 bits per heavy atom. The van der Waals surface area contributed by atoms with E-state index in [-0.39, 0.29) is 33.7 Å². The van der Waals surface area contributed by atoms with Crippen molar-refractivity contribution in [1.29, 1.82) is 0 Å². The number of anilines is 1. The summed E-state index contributed by atoms with van der Waals surface area (Å²) in [5.74, 6) is -1.07. The highest BCUT2D eigenvalue weighted by molar-refractivity contribution is 7.92. The molecule has 0 radical (unpaired) electrons. The molecule has 1 atom stereocenters. The molecule has 0 aliphatic rings. The van der Waals surface area contributed by atoms with Gasteiger partial charge in [0, 0.05) is 28.7 Å². The monoisotopic (exact) mass is 601 g/mol. The first-order valence-electron chi connectivity index (χ1n) is 10.4. The summed E-state index contributed by atoms with van der Waals surface area (Å²) in [6.45, 7) is 3.05. The molecule has 1 N–H and O–H groups in total. The molecular weight excluding hydrogens is 580 g/mol. The molecule has 192 valence electrons. The number of rotatable bonds is 10. The van der Waals surface area contributed by atoms with Crippen molar-refractivity contribution in [3.05, 3.63) is 61.0 Å². The normalized spacial score (nSPS) is 12.2. The number of halogens is 5. The van der Waals surface area contributed by atoms with Crippen molar-refractivity contribution in [3.8, 4) is 0 Å². The molecule has 0 aliphatic heterocycles. The van der Waals surface area contributed by atoms with E-state index in [1.54, 1.807) is 32.0 Å². The number of hydrogen-bond donors (Lipinski definition) is 1. The minimum Gasteiger partial charge on any atom is -0.355 e. The highest BCUT2D eigenvalue weighted by atomic mass is 35.5. The van der Waals surface area contributed by atoms with E-state index in [1.165, 1.54) is 17.0 Å². The van der Waals surface area contributed by atoms with Crippen LogP contribution in [0.3, 0.4) is 0 Å². The lowest BCUT2D eigenvalue weighted by molar-refractivity contribution is -0.140. The molecule has 7 nitrogen and oxygen atoms in total. The Morgan fingerprint density at radius 3 is 2.03 bits per heavy atom. The van der Waals surface area contributed by atoms with Crippen molar-refractivity contribution >= 4 is 85.5 Å². The van der Waals surface area contributed by atoms with Gasteiger partial charge in [0.1, 0.15) is 12.6 Å². The van der Waals surface area contributed by atoms with Gasteiger partial charge in [-0.1, -0.05) is 71.0 Å². The molecule has 0 fully saturated rings. The number of nitrogens with zero attached hydrogens (tertiary/aromatic N) is 2. The van der Waals surface area contributed by atoms with E-state index in [0.717, 1.165) is 10.6 Å². The molecule has 0 aliphatic carbocycles. The molecule has 0 bridgehead atoms. The Balaban J connectivity index is 2.56. The highest BCUT2D eigenvalue weighted by Gasteiger charge is 2.33. The predicted molar refractivity (Wildman–Crippen MR) is 143 cm³/mol. The van der Waals surface area contributed by atoms with Gasteiger partial charge in [-0.05, 0) is 37.6 Å². The number of sulfonamides is 1. The zero-order valence-corrected chi connectivity index (χ0v) is 23.7. The van der Waals surface area contributed by atoms with Crippen LogP contribution in [0.1, 0.15) is 25.8 Å². The van der Waals surface area contributed by atoms with Crippen LogP contribution in [0.15, 0.2) is 30.3 Å². The lowest BCUT2D eigenvalue weighted by Gasteiger charge is -2.33. The zero-order chi connectivity index (χ0) is 26.5. The third-order valence-corrected chi connectivity index (χ3v) is 7.92. The molecule has 0 saturated heterocycles. The average molecular weight is 604 g/mol. The summed E-state index contributed by atoms with van der Waals surface area (Å²) < 4.78 is 26.2. The van der Waals surface area contributed by atoms with Crippen LogP contribution in [-0.4, -0.2) is 50.5 Å². The Kier molecular flexibility index (Phi) is 10.8. The van der Waals surface area contributed by atoms with Crippen molar-refractivity contribution in [2.75, 3.05) is 23.7 Å². The van der Waals surface area contributed by atoms with Crippen LogP contribution in [0.5, 0.6) is 0 Å². The SMILES string of the molecule is CCNC(=O)C(CC)N(Cc1c(Cl)cccc1Cl)C(=O)CN(c1cc(Cl)c(Cl)cc1Cl)S(C)(=O)=O. The van der Waals surface area contributed by atoms with Gasteiger partial charge in [-0.2, -0.15) is 0 Å². The van der Waals surface area contributed by atoms with Gasteiger partial charge in [-0.3, -0.25) is 13.9 Å². The first-order valence-corrected chi connectivity index (χ1v) is 14.2. The molecule has 13 heteroatoms. The van der Waals surface area contributed by atoms with Gasteiger partial charge in [0.05, 0.1) is 27.0 Å². The fraction of sp³-hybridized carbons (Fsp3) is 0.364. The van der Waals surface area contributed by atoms with Crippen LogP contribution in [0.25, 0.3) is 0 Å². The van der Waals surface area contributed by atoms with Crippen LogP contribution < -0.4 is 9.62 Å². The third kappa shape index (κ3) is 7.54. The average Bonchev–Trinajstić information content (AvgIpc) is 2.76. The fourth-order valence-corrected chi connectivity index (χ4v) is 5.43. The van der Waals surface area contributed by atoms with E-state index >= 15 is 0 Å². The first-order chi connectivity index (χ1) is 16.3. The number of benzene rings is 2. The van der Waals surface area contributed by atoms with Gasteiger partial charge in [-0.25, -0.2) is 8.42 Å². The first kappa shape index (κ1) is 29.8. The van der Waals surface area contributed by atoms with Crippen LogP contribution in [-0.2, 0) is 26.2 Å². The predicted octanol–water partition coefficient (Wildman–Crippen LogP) is 5.66. The summed E-state index contributed by atoms with van der Waals surface area (Å²) in [6.07, 6.45) is 1.18. The minimum atomic E-state index is -4.00. The van der Waals surface area contributed by atoms with E-state index < -0.39 is 34.4 Å². The summed E-state index contributed by atoms with van der Waals surface area (Å²) in [5.41, 5.74) is 0.393. The second kappa shape index (κ2) is 12.7. The standard InChI is InChI=1S/C22H24Cl5N3O4S/c1-4-19(22(32)28-5-2)29(11-13-14(23)7-6-8-15(13)24)21(31)12-30(35(3,33)34)20-10-17(26)16(25)9-18(20)27/h6-10,19H,4-5,11-12H2,1-3H3,(H,28,32). The number of amides is 2. The minimum absolute atomic E-state index is 0.0194. The maximum Gasteiger partial charge on any atom is 0.244 e. The molecule has 0 spiro atoms. The molecule has 2 rings (SSSR count). The van der Waals surface area contributed by atoms with Crippen molar-refractivity contribution in [2.24, 2.45) is 0 Å². The van der Waals surface area contributed by atoms with Gasteiger partial charge in [0.25, 0.3) is 0 Å². The van der Waals surface area contributed by atoms with E-state index in [1.807, 2.05) is 0 Å². The van der Waals surface area contributed by atoms with Gasteiger partial charge in [0.2, 0.25) is 21.8 Å². The van der Waals surface area contributed by atoms with Crippen LogP contribution in [0.2, 0.25) is 25.1 Å². The summed E-state index contributed by atoms with van der Waals surface area (Å²) in [7, 11) is -4.00. The van der Waals surface area contributed by atoms with Crippen molar-refractivity contribution in [1.82, 2.24) is 10.2 Å². The van der Waals surface area contributed by atoms with Gasteiger partial charge >= 0.3 is 0 Å². The quantitative estimate of drug-likeness (QED) is 0.355. The summed E-state index contributed by atoms with van der Waals surface area (Å²) in [5, 5.41) is 3.46. The zero-order valence-electron chi connectivity index (χ0n) is 19.1. The van der Waals surface area contributed by atoms with Crippen molar-refractivity contribution in [2.45, 2.75) is 32.9 Å². The molecule has 0 heterocycles. The number of likely N-dealkylation sites (N-methyl/N-ethyl adjacent to an activating group) is 1. The second-order valence-corrected chi connectivity index (χ2v) is 11.5. The number of carbonyl (C=O) groups excluding carboxylic acids is 2. The van der Waals surface area contributed by atoms with E-state index in [9.17, 15) is 18.0 Å². The van der Waals surface area contributed by atoms with Crippen LogP contribution in [0.4, 0.5) is 5.69 Å². The van der Waals surface area contributed by atoms with E-state index in [4.69, 9.17) is 58.0 Å². The molecular formula is C22H24Cl5N3O4S. The number of hydrogen-bond acceptors (Lipinski definition) is 4. The Morgan fingerprint density at radius 1 is 0.943 bits per heavy atom. The smallest absolute Gasteiger partial charge is 0.244 e. The van der Waals surface area contributed by atoms with Crippen molar-refractivity contribution in [3.63, 3.8) is 0 Å². The second-order valence-electron chi connectivity index (χ2n) is 7.53. The molecule has 35 heavy (non-hydrogen) atoms. The number of carbonyl (C=O) groups is 2. The molecule has 0 aromatic heterocycles. The lowest BCUT2D eigenvalue weighted by Crippen LogP contribution is -2.52. The van der Waals surface area contributed by atoms with Gasteiger partial charge in [0.15, 0.2) is 0 Å². The van der Waals surface area contributed by atoms with E-state index in [0.29, 0.717) is 22.2 Å². The Hall–Kier alpha value is -1.42. The molecule has 2 aromatic carbocycles. The third-order valence-electron chi connectivity index (χ3n) is 5.06. The summed E-state index contributed by atoms with van der Waals surface area (Å²) in [6, 6.07) is 6.50.